The van der Waals surface area contributed by atoms with Crippen LogP contribution >= 0.6 is 0 Å². The lowest BCUT2D eigenvalue weighted by molar-refractivity contribution is -0.143. The number of aliphatic hydroxyl groups is 1. The van der Waals surface area contributed by atoms with Crippen LogP contribution in [0.15, 0.2) is 12.5 Å². The summed E-state index contributed by atoms with van der Waals surface area (Å²) in [5, 5.41) is 26.3. The number of carbonyl (C=O) groups is 5. The van der Waals surface area contributed by atoms with Crippen LogP contribution < -0.4 is 27.4 Å². The molecule has 0 aromatic carbocycles. The van der Waals surface area contributed by atoms with Gasteiger partial charge in [0.2, 0.25) is 23.6 Å². The van der Waals surface area contributed by atoms with E-state index >= 15 is 0 Å². The van der Waals surface area contributed by atoms with Gasteiger partial charge in [0, 0.05) is 24.7 Å². The monoisotopic (exact) mass is 483 g/mol. The van der Waals surface area contributed by atoms with E-state index in [0.29, 0.717) is 5.69 Å². The van der Waals surface area contributed by atoms with Crippen molar-refractivity contribution in [3.63, 3.8) is 0 Å². The van der Waals surface area contributed by atoms with E-state index in [4.69, 9.17) is 11.5 Å². The molecule has 10 N–H and O–H groups in total. The van der Waals surface area contributed by atoms with Crippen molar-refractivity contribution < 1.29 is 34.2 Å². The van der Waals surface area contributed by atoms with Crippen LogP contribution in [0.3, 0.4) is 0 Å². The molecule has 0 saturated carbocycles. The van der Waals surface area contributed by atoms with Crippen LogP contribution in [0, 0.1) is 5.92 Å². The summed E-state index contributed by atoms with van der Waals surface area (Å²) >= 11 is 0. The number of carboxylic acids is 1. The van der Waals surface area contributed by atoms with E-state index in [1.807, 2.05) is 0 Å². The van der Waals surface area contributed by atoms with Gasteiger partial charge in [0.15, 0.2) is 0 Å². The van der Waals surface area contributed by atoms with Crippen molar-refractivity contribution in [3.8, 4) is 0 Å². The van der Waals surface area contributed by atoms with Gasteiger partial charge in [-0.05, 0) is 19.3 Å². The maximum Gasteiger partial charge on any atom is 0.326 e. The molecule has 14 nitrogen and oxygen atoms in total. The second-order valence-electron chi connectivity index (χ2n) is 8.25. The maximum atomic E-state index is 12.8. The molecule has 0 aliphatic heterocycles. The zero-order valence-electron chi connectivity index (χ0n) is 19.3. The fraction of sp³-hybridized carbons (Fsp3) is 0.600. The molecule has 1 aromatic heterocycles. The Hall–Kier alpha value is -3.52. The zero-order valence-corrected chi connectivity index (χ0v) is 19.3. The highest BCUT2D eigenvalue weighted by atomic mass is 16.4. The Kier molecular flexibility index (Phi) is 11.1. The average molecular weight is 484 g/mol. The van der Waals surface area contributed by atoms with Crippen LogP contribution in [0.4, 0.5) is 0 Å². The number of nitrogens with one attached hydrogen (secondary N) is 4. The van der Waals surface area contributed by atoms with Gasteiger partial charge in [0.25, 0.3) is 0 Å². The number of aliphatic carboxylic acids is 1. The van der Waals surface area contributed by atoms with Crippen LogP contribution in [0.2, 0.25) is 0 Å². The number of imidazole rings is 1. The predicted molar refractivity (Wildman–Crippen MR) is 119 cm³/mol. The summed E-state index contributed by atoms with van der Waals surface area (Å²) in [5.41, 5.74) is 11.6. The first-order valence-corrected chi connectivity index (χ1v) is 10.7. The lowest BCUT2D eigenvalue weighted by atomic mass is 10.0. The third kappa shape index (κ3) is 9.15. The van der Waals surface area contributed by atoms with Gasteiger partial charge in [-0.15, -0.1) is 0 Å². The number of aromatic nitrogens is 2. The summed E-state index contributed by atoms with van der Waals surface area (Å²) in [5.74, 6) is -5.01. The number of carboxylic acid groups (broad SMARTS) is 1. The largest absolute Gasteiger partial charge is 0.480 e. The summed E-state index contributed by atoms with van der Waals surface area (Å²) < 4.78 is 0. The van der Waals surface area contributed by atoms with Crippen LogP contribution in [0.25, 0.3) is 0 Å². The van der Waals surface area contributed by atoms with E-state index in [1.54, 1.807) is 13.8 Å². The van der Waals surface area contributed by atoms with Gasteiger partial charge in [0.05, 0.1) is 18.5 Å². The minimum atomic E-state index is -1.48. The van der Waals surface area contributed by atoms with Crippen molar-refractivity contribution in [2.45, 2.75) is 70.3 Å². The first-order valence-electron chi connectivity index (χ1n) is 10.7. The third-order valence-electron chi connectivity index (χ3n) is 4.94. The number of carbonyl (C=O) groups excluding carboxylic acids is 4. The summed E-state index contributed by atoms with van der Waals surface area (Å²) in [4.78, 5) is 67.2. The number of amides is 4. The fourth-order valence-electron chi connectivity index (χ4n) is 2.98. The van der Waals surface area contributed by atoms with Gasteiger partial charge in [-0.1, -0.05) is 13.8 Å². The minimum Gasteiger partial charge on any atom is -0.480 e. The molecular formula is C20H33N7O7. The Bertz CT molecular complexity index is 857. The second kappa shape index (κ2) is 13.3. The van der Waals surface area contributed by atoms with Crippen LogP contribution in [0.1, 0.15) is 39.3 Å². The number of hydrogen-bond acceptors (Lipinski definition) is 8. The number of hydrogen-bond donors (Lipinski definition) is 8. The first kappa shape index (κ1) is 28.5. The Labute approximate surface area is 196 Å². The van der Waals surface area contributed by atoms with Crippen molar-refractivity contribution in [1.82, 2.24) is 25.9 Å². The van der Waals surface area contributed by atoms with Gasteiger partial charge >= 0.3 is 5.97 Å². The Balaban J connectivity index is 2.93. The van der Waals surface area contributed by atoms with Gasteiger partial charge in [-0.2, -0.15) is 0 Å². The summed E-state index contributed by atoms with van der Waals surface area (Å²) in [6, 6.07) is -5.14. The number of primary amides is 1. The first-order chi connectivity index (χ1) is 15.8. The topological polar surface area (TPSA) is 243 Å². The van der Waals surface area contributed by atoms with Gasteiger partial charge in [0.1, 0.15) is 18.1 Å². The smallest absolute Gasteiger partial charge is 0.326 e. The molecule has 0 spiro atoms. The Morgan fingerprint density at radius 3 is 2.12 bits per heavy atom. The van der Waals surface area contributed by atoms with E-state index in [1.165, 1.54) is 19.4 Å². The molecule has 5 unspecified atom stereocenters. The number of aliphatic hydroxyl groups excluding tert-OH is 1. The highest BCUT2D eigenvalue weighted by Gasteiger charge is 2.33. The van der Waals surface area contributed by atoms with Crippen LogP contribution in [0.5, 0.6) is 0 Å². The number of rotatable bonds is 14. The van der Waals surface area contributed by atoms with E-state index in [2.05, 4.69) is 25.9 Å². The molecule has 1 aromatic rings. The molecule has 190 valence electrons. The SMILES string of the molecule is CC(C)C(NC(=O)C(CCC(N)=O)NC(=O)C(NC(=O)C(N)Cc1cnc[nH]1)C(C)O)C(=O)O. The van der Waals surface area contributed by atoms with Crippen LogP contribution in [-0.4, -0.2) is 80.1 Å². The molecule has 1 heterocycles. The van der Waals surface area contributed by atoms with E-state index in [-0.39, 0.29) is 19.3 Å². The molecule has 0 aliphatic rings. The van der Waals surface area contributed by atoms with E-state index < -0.39 is 65.8 Å². The van der Waals surface area contributed by atoms with Gasteiger partial charge < -0.3 is 42.6 Å². The van der Waals surface area contributed by atoms with Gasteiger partial charge in [-0.3, -0.25) is 19.2 Å². The Morgan fingerprint density at radius 1 is 1.03 bits per heavy atom. The van der Waals surface area contributed by atoms with Crippen LogP contribution in [-0.2, 0) is 30.4 Å². The van der Waals surface area contributed by atoms with Crippen molar-refractivity contribution in [3.05, 3.63) is 18.2 Å². The molecule has 4 amide bonds. The second-order valence-corrected chi connectivity index (χ2v) is 8.25. The number of nitrogens with two attached hydrogens (primary N) is 2. The molecule has 0 bridgehead atoms. The normalized spacial score (nSPS) is 15.5. The lowest BCUT2D eigenvalue weighted by Crippen LogP contribution is -2.60. The van der Waals surface area contributed by atoms with Crippen molar-refractivity contribution in [2.24, 2.45) is 17.4 Å². The molecule has 5 atom stereocenters. The molecular weight excluding hydrogens is 450 g/mol. The predicted octanol–water partition coefficient (Wildman–Crippen LogP) is -2.88. The zero-order chi connectivity index (χ0) is 26.0. The maximum absolute atomic E-state index is 12.8. The third-order valence-corrected chi connectivity index (χ3v) is 4.94. The molecule has 0 aliphatic carbocycles. The fourth-order valence-corrected chi connectivity index (χ4v) is 2.98. The average Bonchev–Trinajstić information content (AvgIpc) is 3.24. The standard InChI is InChI=1S/C20H33N7O7/c1-9(2)15(20(33)34)26-18(31)13(4-5-14(22)29)25-19(32)16(10(3)28)27-17(30)12(21)6-11-7-23-8-24-11/h7-10,12-13,15-16,28H,4-6,21H2,1-3H3,(H2,22,29)(H,23,24)(H,25,32)(H,26,31)(H,27,30)(H,33,34). The van der Waals surface area contributed by atoms with E-state index in [0.717, 1.165) is 0 Å². The molecule has 0 fully saturated rings. The summed E-state index contributed by atoms with van der Waals surface area (Å²) in [6.45, 7) is 4.42. The van der Waals surface area contributed by atoms with Gasteiger partial charge in [-0.25, -0.2) is 9.78 Å². The Morgan fingerprint density at radius 2 is 1.65 bits per heavy atom. The number of H-pyrrole nitrogens is 1. The molecule has 0 saturated heterocycles. The van der Waals surface area contributed by atoms with Crippen molar-refractivity contribution in [2.75, 3.05) is 0 Å². The minimum absolute atomic E-state index is 0.0927. The van der Waals surface area contributed by atoms with Crippen molar-refractivity contribution in [1.29, 1.82) is 0 Å². The summed E-state index contributed by atoms with van der Waals surface area (Å²) in [7, 11) is 0. The highest BCUT2D eigenvalue weighted by Crippen LogP contribution is 2.06. The molecule has 1 rings (SSSR count). The quantitative estimate of drug-likeness (QED) is 0.135. The lowest BCUT2D eigenvalue weighted by Gasteiger charge is -2.27. The number of aromatic amines is 1. The van der Waals surface area contributed by atoms with Crippen molar-refractivity contribution >= 4 is 29.6 Å². The molecule has 14 heteroatoms. The van der Waals surface area contributed by atoms with E-state index in [9.17, 15) is 34.2 Å². The number of nitrogens with zero attached hydrogens (tertiary/aromatic N) is 1. The molecule has 34 heavy (non-hydrogen) atoms. The summed E-state index contributed by atoms with van der Waals surface area (Å²) in [6.07, 6.45) is 1.11. The highest BCUT2D eigenvalue weighted by molar-refractivity contribution is 5.94. The molecule has 0 radical (unpaired) electrons.